The van der Waals surface area contributed by atoms with Gasteiger partial charge in [0.05, 0.1) is 29.6 Å². The smallest absolute Gasteiger partial charge is 0.365 e. The first-order valence-corrected chi connectivity index (χ1v) is 10.7. The first-order chi connectivity index (χ1) is 16.2. The molecule has 0 aromatic carbocycles. The molecule has 1 aliphatic carbocycles. The minimum absolute atomic E-state index is 0.143. The van der Waals surface area contributed by atoms with Gasteiger partial charge in [-0.25, -0.2) is 19.3 Å². The van der Waals surface area contributed by atoms with Crippen LogP contribution in [0.15, 0.2) is 43.0 Å². The highest BCUT2D eigenvalue weighted by Crippen LogP contribution is 2.40. The number of aryl methyl sites for hydroxylation is 1. The number of alkyl halides is 3. The van der Waals surface area contributed by atoms with Gasteiger partial charge in [-0.1, -0.05) is 0 Å². The number of hydrogen-bond acceptors (Lipinski definition) is 6. The summed E-state index contributed by atoms with van der Waals surface area (Å²) in [5.74, 6) is -0.0811. The van der Waals surface area contributed by atoms with Crippen LogP contribution in [0.2, 0.25) is 0 Å². The first-order valence-electron chi connectivity index (χ1n) is 10.7. The van der Waals surface area contributed by atoms with Crippen molar-refractivity contribution in [2.24, 2.45) is 5.92 Å². The summed E-state index contributed by atoms with van der Waals surface area (Å²) in [6, 6.07) is 3.71. The molecule has 11 heteroatoms. The molecule has 3 aromatic heterocycles. The van der Waals surface area contributed by atoms with Crippen LogP contribution in [0, 0.1) is 18.7 Å². The maximum atomic E-state index is 13.6. The summed E-state index contributed by atoms with van der Waals surface area (Å²) >= 11 is 0. The number of pyridine rings is 2. The number of halogens is 4. The Morgan fingerprint density at radius 2 is 1.82 bits per heavy atom. The van der Waals surface area contributed by atoms with E-state index in [9.17, 15) is 22.4 Å². The van der Waals surface area contributed by atoms with Crippen molar-refractivity contribution in [3.05, 3.63) is 65.5 Å². The molecule has 1 saturated carbocycles. The molecule has 0 radical (unpaired) electrons. The Morgan fingerprint density at radius 3 is 2.47 bits per heavy atom. The van der Waals surface area contributed by atoms with Crippen molar-refractivity contribution in [1.82, 2.24) is 24.8 Å². The maximum absolute atomic E-state index is 13.6. The standard InChI is InChI=1S/C23H20F4N6O/c1-12-4-16(20(29-7-12)21-30-9-15(24)10-31-21)22(34)33-11-13-5-17(18(33)6-13)32-19-3-2-14(8-28-19)23(25,26)27/h2-4,7-10,13,17-18H,5-6,11H2,1H3,(H,28,32)/t13-,17+,18-/m0/s1. The van der Waals surface area contributed by atoms with E-state index in [-0.39, 0.29) is 35.4 Å². The summed E-state index contributed by atoms with van der Waals surface area (Å²) in [7, 11) is 0. The van der Waals surface area contributed by atoms with Crippen LogP contribution < -0.4 is 5.32 Å². The predicted molar refractivity (Wildman–Crippen MR) is 114 cm³/mol. The average Bonchev–Trinajstić information content (AvgIpc) is 3.40. The Morgan fingerprint density at radius 1 is 1.06 bits per heavy atom. The summed E-state index contributed by atoms with van der Waals surface area (Å²) < 4.78 is 51.7. The Hall–Kier alpha value is -3.63. The van der Waals surface area contributed by atoms with Gasteiger partial charge in [-0.15, -0.1) is 0 Å². The topological polar surface area (TPSA) is 83.9 Å². The van der Waals surface area contributed by atoms with E-state index in [4.69, 9.17) is 0 Å². The molecule has 5 rings (SSSR count). The maximum Gasteiger partial charge on any atom is 0.417 e. The second kappa shape index (κ2) is 8.30. The monoisotopic (exact) mass is 472 g/mol. The predicted octanol–water partition coefficient (Wildman–Crippen LogP) is 4.12. The van der Waals surface area contributed by atoms with Crippen LogP contribution in [0.4, 0.5) is 23.4 Å². The summed E-state index contributed by atoms with van der Waals surface area (Å²) in [6.45, 7) is 2.38. The molecular formula is C23H20F4N6O. The largest absolute Gasteiger partial charge is 0.417 e. The number of aromatic nitrogens is 4. The van der Waals surface area contributed by atoms with Gasteiger partial charge in [0, 0.05) is 25.0 Å². The highest BCUT2D eigenvalue weighted by atomic mass is 19.4. The summed E-state index contributed by atoms with van der Waals surface area (Å²) in [5, 5.41) is 3.20. The zero-order valence-corrected chi connectivity index (χ0v) is 18.1. The van der Waals surface area contributed by atoms with Crippen LogP contribution in [-0.4, -0.2) is 49.4 Å². The van der Waals surface area contributed by atoms with Crippen molar-refractivity contribution in [3.8, 4) is 11.5 Å². The number of hydrogen-bond donors (Lipinski definition) is 1. The van der Waals surface area contributed by atoms with Crippen LogP contribution >= 0.6 is 0 Å². The van der Waals surface area contributed by atoms with Gasteiger partial charge in [-0.3, -0.25) is 9.78 Å². The Balaban J connectivity index is 1.38. The van der Waals surface area contributed by atoms with Gasteiger partial charge in [0.1, 0.15) is 11.5 Å². The zero-order chi connectivity index (χ0) is 24.0. The summed E-state index contributed by atoms with van der Waals surface area (Å²) in [6.07, 6.45) is 1.55. The molecule has 3 atom stereocenters. The van der Waals surface area contributed by atoms with Crippen LogP contribution in [0.5, 0.6) is 0 Å². The third-order valence-electron chi connectivity index (χ3n) is 6.25. The highest BCUT2D eigenvalue weighted by Gasteiger charge is 2.47. The fourth-order valence-corrected chi connectivity index (χ4v) is 4.75. The molecule has 2 fully saturated rings. The number of piperidine rings is 1. The average molecular weight is 472 g/mol. The van der Waals surface area contributed by atoms with E-state index in [0.29, 0.717) is 17.9 Å². The van der Waals surface area contributed by atoms with Crippen molar-refractivity contribution in [2.45, 2.75) is 38.0 Å². The first kappa shape index (κ1) is 22.2. The number of carbonyl (C=O) groups excluding carboxylic acids is 1. The molecule has 34 heavy (non-hydrogen) atoms. The molecule has 176 valence electrons. The number of amides is 1. The van der Waals surface area contributed by atoms with Crippen LogP contribution in [0.25, 0.3) is 11.5 Å². The molecule has 2 bridgehead atoms. The van der Waals surface area contributed by atoms with Gasteiger partial charge >= 0.3 is 6.18 Å². The van der Waals surface area contributed by atoms with E-state index in [1.807, 2.05) is 6.92 Å². The fraction of sp³-hybridized carbons (Fsp3) is 0.348. The van der Waals surface area contributed by atoms with Crippen molar-refractivity contribution in [3.63, 3.8) is 0 Å². The molecule has 1 N–H and O–H groups in total. The van der Waals surface area contributed by atoms with Crippen LogP contribution in [-0.2, 0) is 6.18 Å². The number of nitrogens with one attached hydrogen (secondary N) is 1. The lowest BCUT2D eigenvalue weighted by Crippen LogP contribution is -2.48. The number of anilines is 1. The molecule has 1 amide bonds. The van der Waals surface area contributed by atoms with Gasteiger partial charge in [-0.05, 0) is 49.4 Å². The zero-order valence-electron chi connectivity index (χ0n) is 18.1. The van der Waals surface area contributed by atoms with Gasteiger partial charge in [0.15, 0.2) is 11.6 Å². The number of rotatable bonds is 4. The second-order valence-electron chi connectivity index (χ2n) is 8.68. The lowest BCUT2D eigenvalue weighted by atomic mass is 10.0. The van der Waals surface area contributed by atoms with E-state index in [1.165, 1.54) is 6.07 Å². The van der Waals surface area contributed by atoms with Gasteiger partial charge < -0.3 is 10.2 Å². The van der Waals surface area contributed by atoms with E-state index in [0.717, 1.165) is 43.1 Å². The van der Waals surface area contributed by atoms with Crippen LogP contribution in [0.1, 0.15) is 34.3 Å². The lowest BCUT2D eigenvalue weighted by molar-refractivity contribution is -0.137. The third-order valence-corrected chi connectivity index (χ3v) is 6.25. The molecule has 7 nitrogen and oxygen atoms in total. The second-order valence-corrected chi connectivity index (χ2v) is 8.68. The normalized spacial score (nSPS) is 21.7. The SMILES string of the molecule is Cc1cnc(-c2ncc(F)cn2)c(C(=O)N2C[C@H]3C[C@@H](Nc4ccc(C(F)(F)F)cn4)[C@@H]2C3)c1. The molecule has 1 saturated heterocycles. The van der Waals surface area contributed by atoms with Crippen molar-refractivity contribution in [1.29, 1.82) is 0 Å². The quantitative estimate of drug-likeness (QED) is 0.576. The van der Waals surface area contributed by atoms with Crippen molar-refractivity contribution in [2.75, 3.05) is 11.9 Å². The number of fused-ring (bicyclic) bond motifs is 2. The third kappa shape index (κ3) is 4.17. The minimum atomic E-state index is -4.45. The van der Waals surface area contributed by atoms with E-state index in [1.54, 1.807) is 17.2 Å². The summed E-state index contributed by atoms with van der Waals surface area (Å²) in [5.41, 5.74) is 0.560. The van der Waals surface area contributed by atoms with Gasteiger partial charge in [0.2, 0.25) is 0 Å². The number of likely N-dealkylation sites (tertiary alicyclic amines) is 1. The highest BCUT2D eigenvalue weighted by molar-refractivity contribution is 5.99. The Kier molecular flexibility index (Phi) is 5.41. The number of carbonyl (C=O) groups is 1. The van der Waals surface area contributed by atoms with Crippen LogP contribution in [0.3, 0.4) is 0 Å². The van der Waals surface area contributed by atoms with Gasteiger partial charge in [-0.2, -0.15) is 13.2 Å². The number of nitrogens with zero attached hydrogens (tertiary/aromatic N) is 5. The molecule has 0 spiro atoms. The molecular weight excluding hydrogens is 452 g/mol. The molecule has 2 aliphatic rings. The Labute approximate surface area is 192 Å². The molecule has 0 unspecified atom stereocenters. The fourth-order valence-electron chi connectivity index (χ4n) is 4.75. The van der Waals surface area contributed by atoms with E-state index >= 15 is 0 Å². The molecule has 3 aromatic rings. The lowest BCUT2D eigenvalue weighted by Gasteiger charge is -2.34. The molecule has 4 heterocycles. The van der Waals surface area contributed by atoms with Crippen molar-refractivity contribution < 1.29 is 22.4 Å². The van der Waals surface area contributed by atoms with E-state index < -0.39 is 17.6 Å². The summed E-state index contributed by atoms with van der Waals surface area (Å²) in [4.78, 5) is 31.5. The van der Waals surface area contributed by atoms with E-state index in [2.05, 4.69) is 25.3 Å². The minimum Gasteiger partial charge on any atom is -0.365 e. The van der Waals surface area contributed by atoms with Crippen molar-refractivity contribution >= 4 is 11.7 Å². The Bertz CT molecular complexity index is 1220. The molecule has 1 aliphatic heterocycles. The van der Waals surface area contributed by atoms with Gasteiger partial charge in [0.25, 0.3) is 5.91 Å².